The molecule has 0 aromatic carbocycles. The van der Waals surface area contributed by atoms with Gasteiger partial charge in [-0.25, -0.2) is 8.42 Å². The molecule has 0 atom stereocenters. The molecule has 1 rings (SSSR count). The number of hydrogen-bond acceptors (Lipinski definition) is 4. The van der Waals surface area contributed by atoms with Crippen LogP contribution in [0.3, 0.4) is 0 Å². The van der Waals surface area contributed by atoms with Crippen molar-refractivity contribution >= 4 is 21.4 Å². The van der Waals surface area contributed by atoms with Gasteiger partial charge in [0.1, 0.15) is 0 Å². The summed E-state index contributed by atoms with van der Waals surface area (Å²) in [4.78, 5) is 1.41. The highest BCUT2D eigenvalue weighted by molar-refractivity contribution is 7.89. The van der Waals surface area contributed by atoms with Gasteiger partial charge >= 0.3 is 0 Å². The van der Waals surface area contributed by atoms with Crippen LogP contribution in [-0.4, -0.2) is 32.9 Å². The Balaban J connectivity index is 2.98. The standard InChI is InChI=1S/C10H18N2O2S2/c1-8(2)12(4)16(13,14)10-5-9(6-11-3)15-7-10/h5,7-8,11H,6H2,1-4H3. The molecule has 1 N–H and O–H groups in total. The van der Waals surface area contributed by atoms with Crippen molar-refractivity contribution in [1.29, 1.82) is 0 Å². The van der Waals surface area contributed by atoms with Gasteiger partial charge in [-0.15, -0.1) is 11.3 Å². The van der Waals surface area contributed by atoms with Crippen LogP contribution in [0.4, 0.5) is 0 Å². The van der Waals surface area contributed by atoms with Crippen molar-refractivity contribution < 1.29 is 8.42 Å². The Morgan fingerprint density at radius 2 is 2.12 bits per heavy atom. The fraction of sp³-hybridized carbons (Fsp3) is 0.600. The number of rotatable bonds is 5. The monoisotopic (exact) mass is 262 g/mol. The van der Waals surface area contributed by atoms with Gasteiger partial charge in [0.25, 0.3) is 0 Å². The molecule has 0 amide bonds. The molecular weight excluding hydrogens is 244 g/mol. The molecule has 4 nitrogen and oxygen atoms in total. The summed E-state index contributed by atoms with van der Waals surface area (Å²) >= 11 is 1.46. The van der Waals surface area contributed by atoms with Crippen LogP contribution >= 0.6 is 11.3 Å². The first-order chi connectivity index (χ1) is 7.39. The lowest BCUT2D eigenvalue weighted by Gasteiger charge is -2.19. The molecule has 0 aliphatic carbocycles. The zero-order chi connectivity index (χ0) is 12.3. The number of thiophene rings is 1. The summed E-state index contributed by atoms with van der Waals surface area (Å²) < 4.78 is 25.6. The molecule has 0 saturated heterocycles. The van der Waals surface area contributed by atoms with E-state index in [9.17, 15) is 8.42 Å². The molecule has 1 aromatic rings. The smallest absolute Gasteiger partial charge is 0.243 e. The topological polar surface area (TPSA) is 49.4 Å². The van der Waals surface area contributed by atoms with Crippen LogP contribution in [0.25, 0.3) is 0 Å². The van der Waals surface area contributed by atoms with E-state index < -0.39 is 10.0 Å². The van der Waals surface area contributed by atoms with Crippen molar-refractivity contribution in [3.05, 3.63) is 16.3 Å². The average molecular weight is 262 g/mol. The molecule has 1 aromatic heterocycles. The van der Waals surface area contributed by atoms with Crippen LogP contribution < -0.4 is 5.32 Å². The summed E-state index contributed by atoms with van der Waals surface area (Å²) in [5, 5.41) is 4.70. The molecule has 0 fully saturated rings. The van der Waals surface area contributed by atoms with Crippen LogP contribution in [0.1, 0.15) is 18.7 Å². The maximum atomic E-state index is 12.1. The quantitative estimate of drug-likeness (QED) is 0.875. The SMILES string of the molecule is CNCc1cc(S(=O)(=O)N(C)C(C)C)cs1. The number of sulfonamides is 1. The minimum atomic E-state index is -3.32. The summed E-state index contributed by atoms with van der Waals surface area (Å²) in [5.74, 6) is 0. The van der Waals surface area contributed by atoms with Crippen molar-refractivity contribution in [1.82, 2.24) is 9.62 Å². The number of nitrogens with zero attached hydrogens (tertiary/aromatic N) is 1. The van der Waals surface area contributed by atoms with Crippen LogP contribution in [-0.2, 0) is 16.6 Å². The molecule has 0 bridgehead atoms. The normalized spacial score (nSPS) is 12.6. The summed E-state index contributed by atoms with van der Waals surface area (Å²) in [6.07, 6.45) is 0. The molecule has 0 aliphatic rings. The molecule has 0 spiro atoms. The maximum Gasteiger partial charge on any atom is 0.243 e. The van der Waals surface area contributed by atoms with Gasteiger partial charge < -0.3 is 5.32 Å². The summed E-state index contributed by atoms with van der Waals surface area (Å²) in [6.45, 7) is 4.42. The van der Waals surface area contributed by atoms with Gasteiger partial charge in [-0.1, -0.05) is 0 Å². The van der Waals surface area contributed by atoms with Gasteiger partial charge in [0.15, 0.2) is 0 Å². The largest absolute Gasteiger partial charge is 0.315 e. The van der Waals surface area contributed by atoms with Crippen molar-refractivity contribution in [2.75, 3.05) is 14.1 Å². The maximum absolute atomic E-state index is 12.1. The molecule has 0 saturated carbocycles. The van der Waals surface area contributed by atoms with Crippen LogP contribution in [0.2, 0.25) is 0 Å². The Morgan fingerprint density at radius 3 is 2.62 bits per heavy atom. The lowest BCUT2D eigenvalue weighted by molar-refractivity contribution is 0.411. The molecule has 92 valence electrons. The third-order valence-corrected chi connectivity index (χ3v) is 5.48. The Bertz CT molecular complexity index is 437. The van der Waals surface area contributed by atoms with Crippen molar-refractivity contribution in [2.24, 2.45) is 0 Å². The van der Waals surface area contributed by atoms with Crippen LogP contribution in [0.15, 0.2) is 16.3 Å². The van der Waals surface area contributed by atoms with Gasteiger partial charge in [0.05, 0.1) is 4.90 Å². The lowest BCUT2D eigenvalue weighted by atomic mass is 10.4. The molecule has 0 unspecified atom stereocenters. The number of nitrogens with one attached hydrogen (secondary N) is 1. The Morgan fingerprint density at radius 1 is 1.50 bits per heavy atom. The van der Waals surface area contributed by atoms with Gasteiger partial charge in [-0.3, -0.25) is 0 Å². The second kappa shape index (κ2) is 5.27. The van der Waals surface area contributed by atoms with Crippen LogP contribution in [0.5, 0.6) is 0 Å². The second-order valence-electron chi connectivity index (χ2n) is 3.89. The van der Waals surface area contributed by atoms with E-state index in [0.29, 0.717) is 11.4 Å². The number of hydrogen-bond donors (Lipinski definition) is 1. The van der Waals surface area contributed by atoms with Gasteiger partial charge in [0.2, 0.25) is 10.0 Å². The minimum absolute atomic E-state index is 0.0300. The van der Waals surface area contributed by atoms with Crippen molar-refractivity contribution in [2.45, 2.75) is 31.3 Å². The average Bonchev–Trinajstić information content (AvgIpc) is 2.66. The predicted molar refractivity (Wildman–Crippen MR) is 67.2 cm³/mol. The molecule has 0 radical (unpaired) electrons. The molecule has 1 heterocycles. The lowest BCUT2D eigenvalue weighted by Crippen LogP contribution is -2.32. The first-order valence-electron chi connectivity index (χ1n) is 5.09. The zero-order valence-corrected chi connectivity index (χ0v) is 11.7. The summed E-state index contributed by atoms with van der Waals surface area (Å²) in [5.41, 5.74) is 0. The van der Waals surface area contributed by atoms with Gasteiger partial charge in [-0.05, 0) is 27.0 Å². The Kier molecular flexibility index (Phi) is 4.49. The summed E-state index contributed by atoms with van der Waals surface area (Å²) in [7, 11) is 0.128. The molecular formula is C10H18N2O2S2. The van der Waals surface area contributed by atoms with E-state index in [0.717, 1.165) is 4.88 Å². The first-order valence-corrected chi connectivity index (χ1v) is 7.41. The predicted octanol–water partition coefficient (Wildman–Crippen LogP) is 1.50. The third kappa shape index (κ3) is 2.82. The van der Waals surface area contributed by atoms with Gasteiger partial charge in [-0.2, -0.15) is 4.31 Å². The van der Waals surface area contributed by atoms with Crippen LogP contribution in [0, 0.1) is 0 Å². The highest BCUT2D eigenvalue weighted by atomic mass is 32.2. The first kappa shape index (κ1) is 13.6. The van der Waals surface area contributed by atoms with Crippen molar-refractivity contribution in [3.8, 4) is 0 Å². The highest BCUT2D eigenvalue weighted by Crippen LogP contribution is 2.22. The fourth-order valence-electron chi connectivity index (χ4n) is 1.21. The fourth-order valence-corrected chi connectivity index (χ4v) is 3.85. The Labute approximate surface area is 101 Å². The van der Waals surface area contributed by atoms with Gasteiger partial charge in [0, 0.05) is 29.9 Å². The molecule has 0 aliphatic heterocycles. The summed E-state index contributed by atoms with van der Waals surface area (Å²) in [6, 6.07) is 1.70. The highest BCUT2D eigenvalue weighted by Gasteiger charge is 2.23. The van der Waals surface area contributed by atoms with E-state index in [-0.39, 0.29) is 6.04 Å². The molecule has 16 heavy (non-hydrogen) atoms. The minimum Gasteiger partial charge on any atom is -0.315 e. The van der Waals surface area contributed by atoms with E-state index in [4.69, 9.17) is 0 Å². The van der Waals surface area contributed by atoms with E-state index >= 15 is 0 Å². The molecule has 6 heteroatoms. The van der Waals surface area contributed by atoms with E-state index in [1.54, 1.807) is 18.5 Å². The van der Waals surface area contributed by atoms with E-state index in [1.807, 2.05) is 20.9 Å². The Hall–Kier alpha value is -0.430. The second-order valence-corrected chi connectivity index (χ2v) is 6.89. The van der Waals surface area contributed by atoms with Crippen molar-refractivity contribution in [3.63, 3.8) is 0 Å². The zero-order valence-electron chi connectivity index (χ0n) is 10.0. The van der Waals surface area contributed by atoms with E-state index in [2.05, 4.69) is 5.32 Å². The van der Waals surface area contributed by atoms with E-state index in [1.165, 1.54) is 15.6 Å². The third-order valence-electron chi connectivity index (χ3n) is 2.38.